The molecule has 0 radical (unpaired) electrons. The molecule has 0 saturated carbocycles. The normalized spacial score (nSPS) is 17.5. The molecule has 3 rings (SSSR count). The molecule has 10 heteroatoms. The molecule has 1 heterocycles. The van der Waals surface area contributed by atoms with Crippen LogP contribution in [0.5, 0.6) is 11.5 Å². The summed E-state index contributed by atoms with van der Waals surface area (Å²) in [5.74, 6) is 0.789. The maximum Gasteiger partial charge on any atom is 0.263 e. The molecule has 0 spiro atoms. The van der Waals surface area contributed by atoms with E-state index in [1.807, 2.05) is 7.05 Å². The number of sulfonamides is 1. The molecule has 152 valence electrons. The molecule has 6 nitrogen and oxygen atoms in total. The predicted octanol–water partition coefficient (Wildman–Crippen LogP) is 4.65. The maximum absolute atomic E-state index is 12.8. The minimum Gasteiger partial charge on any atom is -0.496 e. The van der Waals surface area contributed by atoms with Crippen molar-refractivity contribution in [2.75, 3.05) is 32.0 Å². The molecule has 1 atom stereocenters. The Labute approximate surface area is 182 Å². The van der Waals surface area contributed by atoms with Crippen LogP contribution in [0.4, 0.5) is 5.69 Å². The fraction of sp³-hybridized carbons (Fsp3) is 0.333. The molecule has 1 aliphatic rings. The number of nitrogens with zero attached hydrogens (tertiary/aromatic N) is 1. The van der Waals surface area contributed by atoms with Crippen LogP contribution in [0.1, 0.15) is 6.42 Å². The van der Waals surface area contributed by atoms with Crippen molar-refractivity contribution < 1.29 is 17.9 Å². The molecule has 28 heavy (non-hydrogen) atoms. The van der Waals surface area contributed by atoms with Gasteiger partial charge in [0.15, 0.2) is 0 Å². The third-order valence-corrected chi connectivity index (χ3v) is 7.10. The van der Waals surface area contributed by atoms with Crippen LogP contribution in [0.2, 0.25) is 10.0 Å². The van der Waals surface area contributed by atoms with E-state index in [1.165, 1.54) is 19.2 Å². The Kier molecular flexibility index (Phi) is 6.66. The summed E-state index contributed by atoms with van der Waals surface area (Å²) < 4.78 is 39.9. The maximum atomic E-state index is 12.8. The first kappa shape index (κ1) is 21.5. The Morgan fingerprint density at radius 2 is 1.93 bits per heavy atom. The van der Waals surface area contributed by atoms with Crippen molar-refractivity contribution >= 4 is 54.8 Å². The molecule has 1 aliphatic heterocycles. The van der Waals surface area contributed by atoms with Gasteiger partial charge < -0.3 is 14.4 Å². The van der Waals surface area contributed by atoms with Crippen LogP contribution < -0.4 is 14.2 Å². The fourth-order valence-electron chi connectivity index (χ4n) is 2.91. The van der Waals surface area contributed by atoms with Crippen LogP contribution in [-0.2, 0) is 10.0 Å². The number of methoxy groups -OCH3 is 1. The van der Waals surface area contributed by atoms with E-state index in [1.54, 1.807) is 18.2 Å². The number of likely N-dealkylation sites (tertiary alicyclic amines) is 1. The lowest BCUT2D eigenvalue weighted by Gasteiger charge is -2.17. The first-order valence-electron chi connectivity index (χ1n) is 8.40. The van der Waals surface area contributed by atoms with Crippen LogP contribution in [0.3, 0.4) is 0 Å². The van der Waals surface area contributed by atoms with Gasteiger partial charge in [0, 0.05) is 25.2 Å². The van der Waals surface area contributed by atoms with Gasteiger partial charge in [0.1, 0.15) is 22.5 Å². The average Bonchev–Trinajstić information content (AvgIpc) is 3.02. The van der Waals surface area contributed by atoms with E-state index in [4.69, 9.17) is 32.7 Å². The van der Waals surface area contributed by atoms with Gasteiger partial charge in [-0.05, 0) is 47.6 Å². The number of halogens is 3. The second-order valence-corrected chi connectivity index (χ2v) is 9.78. The third-order valence-electron chi connectivity index (χ3n) is 4.32. The highest BCUT2D eigenvalue weighted by Gasteiger charge is 2.24. The van der Waals surface area contributed by atoms with Gasteiger partial charge in [-0.15, -0.1) is 0 Å². The molecule has 0 aromatic heterocycles. The highest BCUT2D eigenvalue weighted by atomic mass is 79.9. The van der Waals surface area contributed by atoms with Gasteiger partial charge in [0.2, 0.25) is 0 Å². The molecular formula is C18H19BrCl2N2O4S. The highest BCUT2D eigenvalue weighted by Crippen LogP contribution is 2.35. The molecule has 1 saturated heterocycles. The van der Waals surface area contributed by atoms with Gasteiger partial charge in [0.25, 0.3) is 10.0 Å². The zero-order chi connectivity index (χ0) is 20.5. The number of hydrogen-bond acceptors (Lipinski definition) is 5. The Morgan fingerprint density at radius 3 is 2.57 bits per heavy atom. The summed E-state index contributed by atoms with van der Waals surface area (Å²) in [7, 11) is -0.484. The standard InChI is InChI=1S/C18H19BrCl2N2O4S/c1-23-6-5-12(10-23)27-17-7-11(3-4-14(17)20)22-28(24,25)18-9-16(26-2)13(19)8-15(18)21/h3-4,7-9,12,22H,5-6,10H2,1-2H3/t12-/m1/s1. The van der Waals surface area contributed by atoms with Gasteiger partial charge in [0.05, 0.1) is 27.3 Å². The van der Waals surface area contributed by atoms with Crippen molar-refractivity contribution in [1.29, 1.82) is 0 Å². The van der Waals surface area contributed by atoms with Crippen molar-refractivity contribution in [3.05, 3.63) is 44.8 Å². The van der Waals surface area contributed by atoms with E-state index >= 15 is 0 Å². The number of ether oxygens (including phenoxy) is 2. The summed E-state index contributed by atoms with van der Waals surface area (Å²) in [6.45, 7) is 1.74. The van der Waals surface area contributed by atoms with Gasteiger partial charge in [-0.3, -0.25) is 4.72 Å². The first-order valence-corrected chi connectivity index (χ1v) is 11.4. The van der Waals surface area contributed by atoms with Crippen LogP contribution in [0, 0.1) is 0 Å². The summed E-state index contributed by atoms with van der Waals surface area (Å²) in [6.07, 6.45) is 0.899. The lowest BCUT2D eigenvalue weighted by atomic mass is 10.3. The van der Waals surface area contributed by atoms with E-state index in [2.05, 4.69) is 25.6 Å². The second kappa shape index (κ2) is 8.67. The van der Waals surface area contributed by atoms with Crippen molar-refractivity contribution in [1.82, 2.24) is 4.90 Å². The number of benzene rings is 2. The van der Waals surface area contributed by atoms with Crippen molar-refractivity contribution in [3.8, 4) is 11.5 Å². The lowest BCUT2D eigenvalue weighted by molar-refractivity contribution is 0.208. The number of anilines is 1. The predicted molar refractivity (Wildman–Crippen MR) is 114 cm³/mol. The molecule has 0 bridgehead atoms. The summed E-state index contributed by atoms with van der Waals surface area (Å²) in [4.78, 5) is 2.07. The first-order chi connectivity index (χ1) is 13.2. The van der Waals surface area contributed by atoms with Crippen LogP contribution >= 0.6 is 39.1 Å². The van der Waals surface area contributed by atoms with Crippen molar-refractivity contribution in [3.63, 3.8) is 0 Å². The minimum absolute atomic E-state index is 0.0135. The Bertz CT molecular complexity index is 988. The van der Waals surface area contributed by atoms with E-state index in [0.29, 0.717) is 26.7 Å². The number of hydrogen-bond donors (Lipinski definition) is 1. The summed E-state index contributed by atoms with van der Waals surface area (Å²) in [5, 5.41) is 0.487. The molecule has 0 amide bonds. The summed E-state index contributed by atoms with van der Waals surface area (Å²) in [6, 6.07) is 7.56. The van der Waals surface area contributed by atoms with Gasteiger partial charge >= 0.3 is 0 Å². The van der Waals surface area contributed by atoms with Crippen molar-refractivity contribution in [2.24, 2.45) is 0 Å². The largest absolute Gasteiger partial charge is 0.496 e. The van der Waals surface area contributed by atoms with Gasteiger partial charge in [-0.1, -0.05) is 23.2 Å². The van der Waals surface area contributed by atoms with E-state index < -0.39 is 10.0 Å². The molecular weight excluding hydrogens is 491 g/mol. The topological polar surface area (TPSA) is 67.9 Å². The molecule has 1 N–H and O–H groups in total. The monoisotopic (exact) mass is 508 g/mol. The SMILES string of the molecule is COc1cc(S(=O)(=O)Nc2ccc(Cl)c(O[C@@H]3CCN(C)C3)c2)c(Cl)cc1Br. The molecule has 0 unspecified atom stereocenters. The molecule has 1 fully saturated rings. The van der Waals surface area contributed by atoms with Crippen LogP contribution in [0.15, 0.2) is 39.7 Å². The zero-order valence-electron chi connectivity index (χ0n) is 15.2. The lowest BCUT2D eigenvalue weighted by Crippen LogP contribution is -2.21. The van der Waals surface area contributed by atoms with Gasteiger partial charge in [-0.25, -0.2) is 8.42 Å². The minimum atomic E-state index is -3.95. The Morgan fingerprint density at radius 1 is 1.18 bits per heavy atom. The van der Waals surface area contributed by atoms with E-state index in [-0.39, 0.29) is 16.0 Å². The van der Waals surface area contributed by atoms with Crippen LogP contribution in [-0.4, -0.2) is 46.7 Å². The quantitative estimate of drug-likeness (QED) is 0.613. The molecule has 0 aliphatic carbocycles. The second-order valence-electron chi connectivity index (χ2n) is 6.46. The number of rotatable bonds is 6. The van der Waals surface area contributed by atoms with Gasteiger partial charge in [-0.2, -0.15) is 0 Å². The van der Waals surface area contributed by atoms with E-state index in [9.17, 15) is 8.42 Å². The average molecular weight is 510 g/mol. The molecule has 2 aromatic rings. The fourth-order valence-corrected chi connectivity index (χ4v) is 5.30. The number of nitrogens with one attached hydrogen (secondary N) is 1. The Hall–Kier alpha value is -1.19. The molecule has 2 aromatic carbocycles. The summed E-state index contributed by atoms with van der Waals surface area (Å²) >= 11 is 15.6. The Balaban J connectivity index is 1.86. The summed E-state index contributed by atoms with van der Waals surface area (Å²) in [5.41, 5.74) is 0.323. The highest BCUT2D eigenvalue weighted by molar-refractivity contribution is 9.10. The van der Waals surface area contributed by atoms with Crippen LogP contribution in [0.25, 0.3) is 0 Å². The van der Waals surface area contributed by atoms with Crippen molar-refractivity contribution in [2.45, 2.75) is 17.4 Å². The zero-order valence-corrected chi connectivity index (χ0v) is 19.1. The van der Waals surface area contributed by atoms with E-state index in [0.717, 1.165) is 19.5 Å². The smallest absolute Gasteiger partial charge is 0.263 e. The number of likely N-dealkylation sites (N-methyl/N-ethyl adjacent to an activating group) is 1. The third kappa shape index (κ3) is 4.86.